The second kappa shape index (κ2) is 8.55. The standard InChI is InChI=1S/C24H20N6O2.ClH/c31-23-21(26-22(32-23)18-7-3-5-16-4-1-2-6-17(16)18)15-29-10-12-30(13-11-29)24-27-19-8-9-25-14-20(19)28-24;/h1-9,14-15H,10-13H2,(H,27,28);1H. The van der Waals surface area contributed by atoms with Crippen LogP contribution in [-0.4, -0.2) is 57.9 Å². The van der Waals surface area contributed by atoms with Gasteiger partial charge in [-0.05, 0) is 22.9 Å². The first-order chi connectivity index (χ1) is 15.7. The molecular weight excluding hydrogens is 440 g/mol. The lowest BCUT2D eigenvalue weighted by atomic mass is 10.0. The van der Waals surface area contributed by atoms with E-state index in [1.807, 2.05) is 48.5 Å². The van der Waals surface area contributed by atoms with E-state index in [9.17, 15) is 4.79 Å². The van der Waals surface area contributed by atoms with Gasteiger partial charge in [-0.25, -0.2) is 14.8 Å². The van der Waals surface area contributed by atoms with E-state index >= 15 is 0 Å². The molecule has 2 aliphatic rings. The Morgan fingerprint density at radius 2 is 1.82 bits per heavy atom. The smallest absolute Gasteiger partial charge is 0.365 e. The molecule has 8 nitrogen and oxygen atoms in total. The number of hydrogen-bond acceptors (Lipinski definition) is 7. The number of benzene rings is 2. The number of fused-ring (bicyclic) bond motifs is 2. The molecule has 1 fully saturated rings. The predicted octanol–water partition coefficient (Wildman–Crippen LogP) is 3.50. The van der Waals surface area contributed by atoms with Gasteiger partial charge < -0.3 is 19.5 Å². The van der Waals surface area contributed by atoms with Gasteiger partial charge in [0.15, 0.2) is 5.70 Å². The van der Waals surface area contributed by atoms with Gasteiger partial charge >= 0.3 is 5.97 Å². The number of pyridine rings is 1. The summed E-state index contributed by atoms with van der Waals surface area (Å²) in [4.78, 5) is 33.4. The Bertz CT molecular complexity index is 1370. The minimum Gasteiger partial charge on any atom is -0.402 e. The average Bonchev–Trinajstić information content (AvgIpc) is 3.43. The number of imidazole rings is 1. The van der Waals surface area contributed by atoms with Gasteiger partial charge in [0, 0.05) is 44.1 Å². The fourth-order valence-electron chi connectivity index (χ4n) is 4.16. The Hall–Kier alpha value is -3.91. The summed E-state index contributed by atoms with van der Waals surface area (Å²) in [6.07, 6.45) is 5.33. The number of carbonyl (C=O) groups is 1. The summed E-state index contributed by atoms with van der Waals surface area (Å²) in [5.74, 6) is 0.782. The quantitative estimate of drug-likeness (QED) is 0.372. The zero-order valence-corrected chi connectivity index (χ0v) is 18.5. The van der Waals surface area contributed by atoms with Crippen LogP contribution in [0.25, 0.3) is 21.8 Å². The van der Waals surface area contributed by atoms with Gasteiger partial charge in [0.2, 0.25) is 11.8 Å². The zero-order chi connectivity index (χ0) is 21.5. The Morgan fingerprint density at radius 3 is 2.67 bits per heavy atom. The van der Waals surface area contributed by atoms with Gasteiger partial charge in [-0.1, -0.05) is 36.4 Å². The van der Waals surface area contributed by atoms with Crippen molar-refractivity contribution in [3.8, 4) is 0 Å². The van der Waals surface area contributed by atoms with Crippen LogP contribution < -0.4 is 4.90 Å². The van der Waals surface area contributed by atoms with Crippen molar-refractivity contribution < 1.29 is 9.53 Å². The molecule has 0 spiro atoms. The molecular formula is C24H21ClN6O2. The largest absolute Gasteiger partial charge is 0.402 e. The number of nitrogens with one attached hydrogen (secondary N) is 1. The van der Waals surface area contributed by atoms with E-state index in [0.717, 1.165) is 59.5 Å². The minimum absolute atomic E-state index is 0. The highest BCUT2D eigenvalue weighted by atomic mass is 35.5. The van der Waals surface area contributed by atoms with Gasteiger partial charge in [-0.2, -0.15) is 0 Å². The second-order valence-corrected chi connectivity index (χ2v) is 7.82. The SMILES string of the molecule is Cl.O=C1OC(c2cccc3ccccc23)=NC1=CN1CCN(c2nc3ccncc3[nH]2)CC1. The van der Waals surface area contributed by atoms with Crippen LogP contribution in [0.2, 0.25) is 0 Å². The lowest BCUT2D eigenvalue weighted by Gasteiger charge is -2.33. The van der Waals surface area contributed by atoms with Crippen molar-refractivity contribution in [2.75, 3.05) is 31.1 Å². The Balaban J connectivity index is 0.00000228. The highest BCUT2D eigenvalue weighted by Crippen LogP contribution is 2.24. The maximum absolute atomic E-state index is 12.5. The van der Waals surface area contributed by atoms with E-state index in [0.29, 0.717) is 11.6 Å². The van der Waals surface area contributed by atoms with E-state index in [1.165, 1.54) is 0 Å². The summed E-state index contributed by atoms with van der Waals surface area (Å²) in [6.45, 7) is 3.08. The van der Waals surface area contributed by atoms with Crippen molar-refractivity contribution in [2.24, 2.45) is 4.99 Å². The summed E-state index contributed by atoms with van der Waals surface area (Å²) in [5, 5.41) is 2.09. The number of cyclic esters (lactones) is 1. The van der Waals surface area contributed by atoms with Crippen molar-refractivity contribution in [3.05, 3.63) is 78.4 Å². The van der Waals surface area contributed by atoms with Crippen LogP contribution in [0.5, 0.6) is 0 Å². The molecule has 4 aromatic rings. The highest BCUT2D eigenvalue weighted by molar-refractivity contribution is 6.16. The highest BCUT2D eigenvalue weighted by Gasteiger charge is 2.27. The Morgan fingerprint density at radius 1 is 1.00 bits per heavy atom. The number of ether oxygens (including phenoxy) is 1. The number of aromatic nitrogens is 3. The number of aromatic amines is 1. The second-order valence-electron chi connectivity index (χ2n) is 7.82. The van der Waals surface area contributed by atoms with Crippen molar-refractivity contribution in [1.29, 1.82) is 0 Å². The van der Waals surface area contributed by atoms with Crippen LogP contribution in [0.1, 0.15) is 5.56 Å². The van der Waals surface area contributed by atoms with Crippen LogP contribution >= 0.6 is 12.4 Å². The molecule has 1 saturated heterocycles. The van der Waals surface area contributed by atoms with Crippen LogP contribution in [0, 0.1) is 0 Å². The summed E-state index contributed by atoms with van der Waals surface area (Å²) in [7, 11) is 0. The molecule has 2 aromatic heterocycles. The third kappa shape index (κ3) is 3.89. The molecule has 1 N–H and O–H groups in total. The van der Waals surface area contributed by atoms with E-state index in [1.54, 1.807) is 18.6 Å². The fourth-order valence-corrected chi connectivity index (χ4v) is 4.16. The number of anilines is 1. The van der Waals surface area contributed by atoms with Crippen LogP contribution in [0.15, 0.2) is 77.8 Å². The van der Waals surface area contributed by atoms with E-state index in [-0.39, 0.29) is 12.4 Å². The monoisotopic (exact) mass is 460 g/mol. The van der Waals surface area contributed by atoms with Crippen molar-refractivity contribution >= 4 is 52.0 Å². The molecule has 2 aliphatic heterocycles. The van der Waals surface area contributed by atoms with Gasteiger partial charge in [0.25, 0.3) is 0 Å². The van der Waals surface area contributed by atoms with Gasteiger partial charge in [-0.3, -0.25) is 4.98 Å². The first-order valence-corrected chi connectivity index (χ1v) is 10.5. The maximum Gasteiger partial charge on any atom is 0.365 e. The maximum atomic E-state index is 12.5. The number of rotatable bonds is 3. The zero-order valence-electron chi connectivity index (χ0n) is 17.6. The third-order valence-corrected chi connectivity index (χ3v) is 5.83. The van der Waals surface area contributed by atoms with E-state index in [2.05, 4.69) is 29.7 Å². The van der Waals surface area contributed by atoms with E-state index < -0.39 is 5.97 Å². The summed E-state index contributed by atoms with van der Waals surface area (Å²) in [5.41, 5.74) is 2.99. The molecule has 0 bridgehead atoms. The molecule has 2 aromatic carbocycles. The Labute approximate surface area is 196 Å². The van der Waals surface area contributed by atoms with Crippen LogP contribution in [0.3, 0.4) is 0 Å². The first kappa shape index (κ1) is 21.0. The molecule has 6 rings (SSSR count). The van der Waals surface area contributed by atoms with Crippen molar-refractivity contribution in [3.63, 3.8) is 0 Å². The fraction of sp³-hybridized carbons (Fsp3) is 0.167. The number of H-pyrrole nitrogens is 1. The number of aliphatic imine (C=N–C) groups is 1. The van der Waals surface area contributed by atoms with Crippen LogP contribution in [-0.2, 0) is 9.53 Å². The molecule has 0 unspecified atom stereocenters. The summed E-state index contributed by atoms with van der Waals surface area (Å²) in [6, 6.07) is 15.8. The van der Waals surface area contributed by atoms with Crippen molar-refractivity contribution in [2.45, 2.75) is 0 Å². The third-order valence-electron chi connectivity index (χ3n) is 5.83. The predicted molar refractivity (Wildman–Crippen MR) is 130 cm³/mol. The molecule has 166 valence electrons. The molecule has 0 saturated carbocycles. The molecule has 4 heterocycles. The number of esters is 1. The van der Waals surface area contributed by atoms with Gasteiger partial charge in [0.05, 0.1) is 17.2 Å². The normalized spacial score (nSPS) is 17.4. The number of nitrogens with zero attached hydrogens (tertiary/aromatic N) is 5. The number of halogens is 1. The number of hydrogen-bond donors (Lipinski definition) is 1. The lowest BCUT2D eigenvalue weighted by Crippen LogP contribution is -2.44. The summed E-state index contributed by atoms with van der Waals surface area (Å²) >= 11 is 0. The minimum atomic E-state index is -0.417. The van der Waals surface area contributed by atoms with Crippen molar-refractivity contribution in [1.82, 2.24) is 19.9 Å². The lowest BCUT2D eigenvalue weighted by molar-refractivity contribution is -0.130. The molecule has 0 amide bonds. The molecule has 33 heavy (non-hydrogen) atoms. The Kier molecular flexibility index (Phi) is 5.43. The number of carbonyl (C=O) groups excluding carboxylic acids is 1. The van der Waals surface area contributed by atoms with Gasteiger partial charge in [0.1, 0.15) is 0 Å². The van der Waals surface area contributed by atoms with E-state index in [4.69, 9.17) is 4.74 Å². The first-order valence-electron chi connectivity index (χ1n) is 10.5. The van der Waals surface area contributed by atoms with Gasteiger partial charge in [-0.15, -0.1) is 12.4 Å². The molecule has 9 heteroatoms. The molecule has 0 aliphatic carbocycles. The average molecular weight is 461 g/mol. The number of piperazine rings is 1. The summed E-state index contributed by atoms with van der Waals surface area (Å²) < 4.78 is 5.52. The topological polar surface area (TPSA) is 86.7 Å². The molecule has 0 radical (unpaired) electrons. The van der Waals surface area contributed by atoms with Crippen LogP contribution in [0.4, 0.5) is 5.95 Å². The molecule has 0 atom stereocenters.